The van der Waals surface area contributed by atoms with Crippen LogP contribution in [0.25, 0.3) is 11.5 Å². The first-order chi connectivity index (χ1) is 14.6. The van der Waals surface area contributed by atoms with Crippen molar-refractivity contribution in [1.29, 1.82) is 0 Å². The number of amides is 1. The highest BCUT2D eigenvalue weighted by Crippen LogP contribution is 2.36. The van der Waals surface area contributed by atoms with Gasteiger partial charge in [0.05, 0.1) is 0 Å². The molecule has 0 aliphatic carbocycles. The van der Waals surface area contributed by atoms with Gasteiger partial charge in [0.2, 0.25) is 11.8 Å². The second-order valence-electron chi connectivity index (χ2n) is 6.28. The van der Waals surface area contributed by atoms with Crippen LogP contribution in [0.15, 0.2) is 88.5 Å². The number of carbonyl (C=O) groups is 1. The maximum atomic E-state index is 13.1. The fourth-order valence-electron chi connectivity index (χ4n) is 2.71. The minimum atomic E-state index is -0.644. The van der Waals surface area contributed by atoms with Crippen molar-refractivity contribution < 1.29 is 13.6 Å². The number of nitrogens with zero attached hydrogens (tertiary/aromatic N) is 2. The molecule has 3 aromatic carbocycles. The lowest BCUT2D eigenvalue weighted by Gasteiger charge is -2.15. The van der Waals surface area contributed by atoms with Crippen molar-refractivity contribution in [3.05, 3.63) is 95.3 Å². The highest BCUT2D eigenvalue weighted by molar-refractivity contribution is 8.00. The van der Waals surface area contributed by atoms with Crippen molar-refractivity contribution in [3.63, 3.8) is 0 Å². The van der Waals surface area contributed by atoms with Gasteiger partial charge < -0.3 is 9.73 Å². The van der Waals surface area contributed by atoms with Gasteiger partial charge in [-0.1, -0.05) is 41.9 Å². The molecule has 1 N–H and O–H groups in total. The van der Waals surface area contributed by atoms with E-state index in [2.05, 4.69) is 15.5 Å². The largest absolute Gasteiger partial charge is 0.411 e. The fourth-order valence-corrected chi connectivity index (χ4v) is 3.71. The zero-order valence-corrected chi connectivity index (χ0v) is 17.0. The van der Waals surface area contributed by atoms with Crippen molar-refractivity contribution >= 4 is 35.0 Å². The van der Waals surface area contributed by atoms with Gasteiger partial charge in [-0.3, -0.25) is 4.79 Å². The summed E-state index contributed by atoms with van der Waals surface area (Å²) in [6, 6.07) is 21.9. The average molecular weight is 440 g/mol. The van der Waals surface area contributed by atoms with Crippen LogP contribution in [0.2, 0.25) is 5.02 Å². The SMILES string of the molecule is O=C(Nc1ccc(F)cc1)C(Sc1nnc(-c2ccc(Cl)cc2)o1)c1ccccc1. The van der Waals surface area contributed by atoms with E-state index in [0.29, 0.717) is 16.6 Å². The Balaban J connectivity index is 1.57. The van der Waals surface area contributed by atoms with E-state index in [9.17, 15) is 9.18 Å². The molecule has 0 bridgehead atoms. The molecule has 8 heteroatoms. The molecule has 4 rings (SSSR count). The summed E-state index contributed by atoms with van der Waals surface area (Å²) in [5.74, 6) is -0.327. The Kier molecular flexibility index (Phi) is 6.11. The summed E-state index contributed by atoms with van der Waals surface area (Å²) < 4.78 is 18.9. The van der Waals surface area contributed by atoms with Crippen molar-refractivity contribution in [2.45, 2.75) is 10.5 Å². The fraction of sp³-hybridized carbons (Fsp3) is 0.0455. The number of thioether (sulfide) groups is 1. The van der Waals surface area contributed by atoms with E-state index in [1.54, 1.807) is 24.3 Å². The number of anilines is 1. The first-order valence-corrected chi connectivity index (χ1v) is 10.2. The maximum absolute atomic E-state index is 13.1. The van der Waals surface area contributed by atoms with Crippen molar-refractivity contribution in [2.75, 3.05) is 5.32 Å². The Bertz CT molecular complexity index is 1140. The number of halogens is 2. The van der Waals surface area contributed by atoms with Crippen LogP contribution >= 0.6 is 23.4 Å². The van der Waals surface area contributed by atoms with Gasteiger partial charge in [0.25, 0.3) is 5.22 Å². The van der Waals surface area contributed by atoms with Crippen molar-refractivity contribution in [3.8, 4) is 11.5 Å². The first kappa shape index (κ1) is 20.1. The smallest absolute Gasteiger partial charge is 0.277 e. The minimum Gasteiger partial charge on any atom is -0.411 e. The number of hydrogen-bond donors (Lipinski definition) is 1. The monoisotopic (exact) mass is 439 g/mol. The summed E-state index contributed by atoms with van der Waals surface area (Å²) in [7, 11) is 0. The molecule has 150 valence electrons. The lowest BCUT2D eigenvalue weighted by atomic mass is 10.1. The summed E-state index contributed by atoms with van der Waals surface area (Å²) in [6.07, 6.45) is 0. The van der Waals surface area contributed by atoms with Crippen LogP contribution in [-0.2, 0) is 4.79 Å². The Labute approximate surface area is 181 Å². The molecule has 1 heterocycles. The molecule has 1 atom stereocenters. The molecule has 0 radical (unpaired) electrons. The first-order valence-electron chi connectivity index (χ1n) is 8.96. The van der Waals surface area contributed by atoms with Gasteiger partial charge in [-0.2, -0.15) is 0 Å². The molecule has 0 aliphatic heterocycles. The Morgan fingerprint density at radius 1 is 0.967 bits per heavy atom. The topological polar surface area (TPSA) is 68.0 Å². The molecule has 0 aliphatic rings. The zero-order chi connectivity index (χ0) is 20.9. The van der Waals surface area contributed by atoms with Crippen LogP contribution in [-0.4, -0.2) is 16.1 Å². The standard InChI is InChI=1S/C22H15ClFN3O2S/c23-16-8-6-15(7-9-16)21-26-27-22(29-21)30-19(14-4-2-1-3-5-14)20(28)25-18-12-10-17(24)11-13-18/h1-13,19H,(H,25,28). The average Bonchev–Trinajstić information content (AvgIpc) is 3.23. The molecule has 0 saturated heterocycles. The van der Waals surface area contributed by atoms with Crippen LogP contribution in [0, 0.1) is 5.82 Å². The van der Waals surface area contributed by atoms with E-state index in [1.165, 1.54) is 24.3 Å². The third kappa shape index (κ3) is 4.87. The van der Waals surface area contributed by atoms with Gasteiger partial charge >= 0.3 is 0 Å². The van der Waals surface area contributed by atoms with E-state index >= 15 is 0 Å². The Hall–Kier alpha value is -3.16. The van der Waals surface area contributed by atoms with Crippen molar-refractivity contribution in [1.82, 2.24) is 10.2 Å². The number of rotatable bonds is 6. The Morgan fingerprint density at radius 2 is 1.67 bits per heavy atom. The molecule has 4 aromatic rings. The predicted octanol–water partition coefficient (Wildman–Crippen LogP) is 6.00. The molecule has 1 amide bonds. The zero-order valence-electron chi connectivity index (χ0n) is 15.5. The number of hydrogen-bond acceptors (Lipinski definition) is 5. The van der Waals surface area contributed by atoms with E-state index in [4.69, 9.17) is 16.0 Å². The summed E-state index contributed by atoms with van der Waals surface area (Å²) in [5.41, 5.74) is 1.99. The van der Waals surface area contributed by atoms with E-state index < -0.39 is 5.25 Å². The highest BCUT2D eigenvalue weighted by atomic mass is 35.5. The van der Waals surface area contributed by atoms with E-state index in [1.807, 2.05) is 30.3 Å². The minimum absolute atomic E-state index is 0.253. The van der Waals surface area contributed by atoms with Crippen LogP contribution in [0.1, 0.15) is 10.8 Å². The van der Waals surface area contributed by atoms with Crippen LogP contribution in [0.5, 0.6) is 0 Å². The van der Waals surface area contributed by atoms with E-state index in [-0.39, 0.29) is 16.9 Å². The summed E-state index contributed by atoms with van der Waals surface area (Å²) in [5, 5.41) is 11.1. The number of nitrogens with one attached hydrogen (secondary N) is 1. The van der Waals surface area contributed by atoms with E-state index in [0.717, 1.165) is 22.9 Å². The second-order valence-corrected chi connectivity index (χ2v) is 7.78. The molecule has 0 saturated carbocycles. The summed E-state index contributed by atoms with van der Waals surface area (Å²) in [6.45, 7) is 0. The molecule has 0 spiro atoms. The second kappa shape index (κ2) is 9.11. The van der Waals surface area contributed by atoms with Gasteiger partial charge in [0.15, 0.2) is 0 Å². The molecule has 1 aromatic heterocycles. The predicted molar refractivity (Wildman–Crippen MR) is 115 cm³/mol. The lowest BCUT2D eigenvalue weighted by Crippen LogP contribution is -2.19. The number of benzene rings is 3. The molecule has 0 fully saturated rings. The third-order valence-corrected chi connectivity index (χ3v) is 5.51. The van der Waals surface area contributed by atoms with Gasteiger partial charge in [-0.25, -0.2) is 4.39 Å². The van der Waals surface area contributed by atoms with Crippen molar-refractivity contribution in [2.24, 2.45) is 0 Å². The maximum Gasteiger partial charge on any atom is 0.277 e. The van der Waals surface area contributed by atoms with Gasteiger partial charge in [-0.15, -0.1) is 10.2 Å². The lowest BCUT2D eigenvalue weighted by molar-refractivity contribution is -0.115. The number of aromatic nitrogens is 2. The molecule has 5 nitrogen and oxygen atoms in total. The van der Waals surface area contributed by atoms with Gasteiger partial charge in [0.1, 0.15) is 11.1 Å². The highest BCUT2D eigenvalue weighted by Gasteiger charge is 2.25. The molecule has 30 heavy (non-hydrogen) atoms. The number of carbonyl (C=O) groups excluding carboxylic acids is 1. The van der Waals surface area contributed by atoms with Gasteiger partial charge in [0, 0.05) is 16.3 Å². The third-order valence-electron chi connectivity index (χ3n) is 4.17. The molecule has 1 unspecified atom stereocenters. The normalized spacial score (nSPS) is 11.8. The quantitative estimate of drug-likeness (QED) is 0.373. The van der Waals surface area contributed by atoms with Crippen LogP contribution < -0.4 is 5.32 Å². The van der Waals surface area contributed by atoms with Crippen LogP contribution in [0.3, 0.4) is 0 Å². The van der Waals surface area contributed by atoms with Crippen LogP contribution in [0.4, 0.5) is 10.1 Å². The molecular formula is C22H15ClFN3O2S. The summed E-state index contributed by atoms with van der Waals surface area (Å²) >= 11 is 7.05. The van der Waals surface area contributed by atoms with Gasteiger partial charge in [-0.05, 0) is 65.9 Å². The molecular weight excluding hydrogens is 425 g/mol. The Morgan fingerprint density at radius 3 is 2.37 bits per heavy atom. The summed E-state index contributed by atoms with van der Waals surface area (Å²) in [4.78, 5) is 13.0.